The Labute approximate surface area is 136 Å². The highest BCUT2D eigenvalue weighted by Gasteiger charge is 2.57. The molecule has 0 aromatic heterocycles. The summed E-state index contributed by atoms with van der Waals surface area (Å²) in [7, 11) is 0. The molecule has 3 aliphatic carbocycles. The normalized spacial score (nSPS) is 48.6. The van der Waals surface area contributed by atoms with Crippen molar-refractivity contribution in [1.29, 1.82) is 0 Å². The molecule has 2 saturated carbocycles. The summed E-state index contributed by atoms with van der Waals surface area (Å²) >= 11 is 0. The lowest BCUT2D eigenvalue weighted by atomic mass is 9.45. The van der Waals surface area contributed by atoms with Crippen LogP contribution in [0.2, 0.25) is 0 Å². The summed E-state index contributed by atoms with van der Waals surface area (Å²) in [5.74, 6) is 2.28. The third-order valence-electron chi connectivity index (χ3n) is 7.56. The lowest BCUT2D eigenvalue weighted by molar-refractivity contribution is -0.112. The fraction of sp³-hybridized carbons (Fsp3) is 0.900. The molecule has 3 aliphatic rings. The van der Waals surface area contributed by atoms with Gasteiger partial charge < -0.3 is 10.2 Å². The van der Waals surface area contributed by atoms with Gasteiger partial charge in [-0.2, -0.15) is 0 Å². The zero-order chi connectivity index (χ0) is 16.1. The van der Waals surface area contributed by atoms with Crippen LogP contribution in [0.3, 0.4) is 0 Å². The Morgan fingerprint density at radius 1 is 1.23 bits per heavy atom. The van der Waals surface area contributed by atoms with Gasteiger partial charge in [-0.25, -0.2) is 0 Å². The minimum absolute atomic E-state index is 0.00555. The first-order valence-electron chi connectivity index (χ1n) is 9.32. The van der Waals surface area contributed by atoms with Gasteiger partial charge in [0, 0.05) is 6.61 Å². The molecule has 6 atom stereocenters. The molecule has 22 heavy (non-hydrogen) atoms. The van der Waals surface area contributed by atoms with Crippen LogP contribution in [0.15, 0.2) is 11.6 Å². The van der Waals surface area contributed by atoms with E-state index >= 15 is 0 Å². The Hall–Kier alpha value is -0.340. The van der Waals surface area contributed by atoms with Crippen molar-refractivity contribution in [3.8, 4) is 0 Å². The van der Waals surface area contributed by atoms with Crippen molar-refractivity contribution in [2.45, 2.75) is 72.3 Å². The van der Waals surface area contributed by atoms with E-state index in [0.717, 1.165) is 12.8 Å². The van der Waals surface area contributed by atoms with Crippen LogP contribution in [0.5, 0.6) is 0 Å². The number of rotatable bonds is 2. The van der Waals surface area contributed by atoms with E-state index in [2.05, 4.69) is 33.8 Å². The maximum absolute atomic E-state index is 10.8. The monoisotopic (exact) mass is 306 g/mol. The van der Waals surface area contributed by atoms with E-state index in [4.69, 9.17) is 0 Å². The highest BCUT2D eigenvalue weighted by Crippen LogP contribution is 2.63. The Morgan fingerprint density at radius 2 is 1.95 bits per heavy atom. The second kappa shape index (κ2) is 5.63. The van der Waals surface area contributed by atoms with Gasteiger partial charge in [0.25, 0.3) is 0 Å². The standard InChI is InChI=1S/C20H34O2/c1-13(2)14-6-7-16-15(10-14)17(22)11-18-19(3,12-21)8-5-9-20(16,18)4/h10,13-14,16-18,21-22H,5-9,11-12H2,1-4H3/t14-,16+,17+,18-,19-,20-/m0/s1. The third-order valence-corrected chi connectivity index (χ3v) is 7.56. The van der Waals surface area contributed by atoms with Crippen LogP contribution in [0, 0.1) is 34.5 Å². The van der Waals surface area contributed by atoms with Gasteiger partial charge in [0.1, 0.15) is 0 Å². The quantitative estimate of drug-likeness (QED) is 0.752. The van der Waals surface area contributed by atoms with Crippen LogP contribution in [0.25, 0.3) is 0 Å². The summed E-state index contributed by atoms with van der Waals surface area (Å²) in [5.41, 5.74) is 1.60. The van der Waals surface area contributed by atoms with Crippen molar-refractivity contribution in [1.82, 2.24) is 0 Å². The van der Waals surface area contributed by atoms with Gasteiger partial charge in [0.2, 0.25) is 0 Å². The van der Waals surface area contributed by atoms with E-state index in [-0.39, 0.29) is 23.5 Å². The summed E-state index contributed by atoms with van der Waals surface area (Å²) in [6.07, 6.45) is 9.06. The molecule has 0 heterocycles. The van der Waals surface area contributed by atoms with E-state index in [1.54, 1.807) is 0 Å². The predicted octanol–water partition coefficient (Wildman–Crippen LogP) is 4.16. The topological polar surface area (TPSA) is 40.5 Å². The number of hydrogen-bond donors (Lipinski definition) is 2. The summed E-state index contributed by atoms with van der Waals surface area (Å²) in [6, 6.07) is 0. The second-order valence-electron chi connectivity index (χ2n) is 9.18. The first-order valence-corrected chi connectivity index (χ1v) is 9.32. The second-order valence-corrected chi connectivity index (χ2v) is 9.18. The van der Waals surface area contributed by atoms with Crippen LogP contribution in [-0.4, -0.2) is 22.9 Å². The van der Waals surface area contributed by atoms with E-state index < -0.39 is 0 Å². The van der Waals surface area contributed by atoms with Crippen molar-refractivity contribution in [3.05, 3.63) is 11.6 Å². The molecule has 2 heteroatoms. The summed E-state index contributed by atoms with van der Waals surface area (Å²) < 4.78 is 0. The van der Waals surface area contributed by atoms with Crippen LogP contribution < -0.4 is 0 Å². The number of aliphatic hydroxyl groups excluding tert-OH is 2. The molecular formula is C20H34O2. The fourth-order valence-electron chi connectivity index (χ4n) is 6.09. The molecule has 3 rings (SSSR count). The van der Waals surface area contributed by atoms with Gasteiger partial charge in [0.15, 0.2) is 0 Å². The molecule has 0 aromatic carbocycles. The molecule has 0 bridgehead atoms. The van der Waals surface area contributed by atoms with E-state index in [1.807, 2.05) is 0 Å². The van der Waals surface area contributed by atoms with E-state index in [9.17, 15) is 10.2 Å². The molecule has 0 aromatic rings. The Morgan fingerprint density at radius 3 is 2.59 bits per heavy atom. The molecule has 2 N–H and O–H groups in total. The number of hydrogen-bond acceptors (Lipinski definition) is 2. The van der Waals surface area contributed by atoms with Crippen molar-refractivity contribution < 1.29 is 10.2 Å². The van der Waals surface area contributed by atoms with E-state index in [1.165, 1.54) is 31.3 Å². The summed E-state index contributed by atoms with van der Waals surface area (Å²) in [4.78, 5) is 0. The van der Waals surface area contributed by atoms with Gasteiger partial charge in [-0.15, -0.1) is 0 Å². The maximum atomic E-state index is 10.8. The molecule has 0 amide bonds. The van der Waals surface area contributed by atoms with Crippen LogP contribution in [0.4, 0.5) is 0 Å². The van der Waals surface area contributed by atoms with Crippen LogP contribution in [0.1, 0.15) is 66.2 Å². The Bertz CT molecular complexity index is 455. The molecule has 126 valence electrons. The van der Waals surface area contributed by atoms with Gasteiger partial charge in [-0.1, -0.05) is 40.2 Å². The maximum Gasteiger partial charge on any atom is 0.0756 e. The summed E-state index contributed by atoms with van der Waals surface area (Å²) in [5, 5.41) is 20.8. The smallest absolute Gasteiger partial charge is 0.0756 e. The molecule has 0 unspecified atom stereocenters. The molecular weight excluding hydrogens is 272 g/mol. The first-order chi connectivity index (χ1) is 10.3. The van der Waals surface area contributed by atoms with Crippen LogP contribution in [-0.2, 0) is 0 Å². The minimum Gasteiger partial charge on any atom is -0.396 e. The number of allylic oxidation sites excluding steroid dienone is 1. The van der Waals surface area contributed by atoms with Crippen LogP contribution >= 0.6 is 0 Å². The number of aliphatic hydroxyl groups is 2. The lowest BCUT2D eigenvalue weighted by Gasteiger charge is -2.60. The molecule has 0 saturated heterocycles. The average Bonchev–Trinajstić information content (AvgIpc) is 2.49. The van der Waals surface area contributed by atoms with Gasteiger partial charge in [0.05, 0.1) is 6.10 Å². The third kappa shape index (κ3) is 2.38. The van der Waals surface area contributed by atoms with Gasteiger partial charge in [-0.3, -0.25) is 0 Å². The highest BCUT2D eigenvalue weighted by molar-refractivity contribution is 5.26. The first kappa shape index (κ1) is 16.5. The largest absolute Gasteiger partial charge is 0.396 e. The Balaban J connectivity index is 1.97. The van der Waals surface area contributed by atoms with E-state index in [0.29, 0.717) is 23.7 Å². The molecule has 0 spiro atoms. The average molecular weight is 306 g/mol. The Kier molecular flexibility index (Phi) is 4.23. The minimum atomic E-state index is -0.284. The molecule has 2 nitrogen and oxygen atoms in total. The predicted molar refractivity (Wildman–Crippen MR) is 90.4 cm³/mol. The zero-order valence-electron chi connectivity index (χ0n) is 14.8. The van der Waals surface area contributed by atoms with Crippen molar-refractivity contribution in [2.75, 3.05) is 6.61 Å². The number of fused-ring (bicyclic) bond motifs is 3. The molecule has 0 aliphatic heterocycles. The molecule has 2 fully saturated rings. The lowest BCUT2D eigenvalue weighted by Crippen LogP contribution is -2.55. The fourth-order valence-corrected chi connectivity index (χ4v) is 6.09. The zero-order valence-corrected chi connectivity index (χ0v) is 14.8. The molecule has 0 radical (unpaired) electrons. The SMILES string of the molecule is CC(C)[C@@H]1C=C2[C@H](O)C[C@H]3[C@](C)(CO)CCC[C@@]3(C)[C@@H]2CC1. The highest BCUT2D eigenvalue weighted by atomic mass is 16.3. The van der Waals surface area contributed by atoms with Crippen molar-refractivity contribution >= 4 is 0 Å². The van der Waals surface area contributed by atoms with Gasteiger partial charge in [-0.05, 0) is 72.2 Å². The van der Waals surface area contributed by atoms with Crippen molar-refractivity contribution in [3.63, 3.8) is 0 Å². The van der Waals surface area contributed by atoms with Crippen molar-refractivity contribution in [2.24, 2.45) is 34.5 Å². The summed E-state index contributed by atoms with van der Waals surface area (Å²) in [6.45, 7) is 9.55. The van der Waals surface area contributed by atoms with Gasteiger partial charge >= 0.3 is 0 Å².